The van der Waals surface area contributed by atoms with Crippen molar-refractivity contribution in [1.29, 1.82) is 0 Å². The van der Waals surface area contributed by atoms with Crippen LogP contribution in [0.4, 0.5) is 23.2 Å². The molecule has 0 fully saturated rings. The molecule has 5 nitrogen and oxygen atoms in total. The Morgan fingerprint density at radius 3 is 2.25 bits per heavy atom. The molecule has 2 aromatic carbocycles. The van der Waals surface area contributed by atoms with Crippen LogP contribution in [0.25, 0.3) is 11.1 Å². The van der Waals surface area contributed by atoms with E-state index in [1.807, 2.05) is 5.32 Å². The van der Waals surface area contributed by atoms with Gasteiger partial charge in [-0.1, -0.05) is 17.5 Å². The van der Waals surface area contributed by atoms with Crippen LogP contribution in [0.15, 0.2) is 41.6 Å². The number of rotatable bonds is 4. The molecule has 0 saturated carbocycles. The molecule has 3 rings (SSSR count). The summed E-state index contributed by atoms with van der Waals surface area (Å²) in [7, 11) is -3.67. The van der Waals surface area contributed by atoms with Crippen molar-refractivity contribution in [3.05, 3.63) is 76.1 Å². The van der Waals surface area contributed by atoms with Gasteiger partial charge in [0.1, 0.15) is 5.56 Å². The van der Waals surface area contributed by atoms with Gasteiger partial charge in [-0.3, -0.25) is 9.78 Å². The molecule has 32 heavy (non-hydrogen) atoms. The van der Waals surface area contributed by atoms with E-state index >= 15 is 0 Å². The van der Waals surface area contributed by atoms with Crippen LogP contribution < -0.4 is 5.32 Å². The molecule has 0 radical (unpaired) electrons. The van der Waals surface area contributed by atoms with E-state index in [0.717, 1.165) is 42.9 Å². The van der Waals surface area contributed by atoms with E-state index in [2.05, 4.69) is 10.9 Å². The third-order valence-corrected chi connectivity index (χ3v) is 5.91. The van der Waals surface area contributed by atoms with E-state index in [9.17, 15) is 30.8 Å². The van der Waals surface area contributed by atoms with Crippen molar-refractivity contribution in [1.82, 2.24) is 4.98 Å². The number of nitrogens with zero attached hydrogens (tertiary/aromatic N) is 1. The van der Waals surface area contributed by atoms with Gasteiger partial charge in [-0.25, -0.2) is 26.0 Å². The number of halogens is 5. The first kappa shape index (κ1) is 23.2. The number of hydrogen-bond donors (Lipinski definition) is 1. The van der Waals surface area contributed by atoms with Gasteiger partial charge < -0.3 is 5.32 Å². The number of carbonyl (C=O) groups is 1. The topological polar surface area (TPSA) is 76.1 Å². The lowest BCUT2D eigenvalue weighted by Crippen LogP contribution is -2.19. The monoisotopic (exact) mass is 482 g/mol. The molecule has 0 saturated heterocycles. The zero-order valence-corrected chi connectivity index (χ0v) is 17.6. The molecule has 1 aromatic heterocycles. The summed E-state index contributed by atoms with van der Waals surface area (Å²) in [6.07, 6.45) is 8.34. The van der Waals surface area contributed by atoms with Gasteiger partial charge in [0.05, 0.1) is 21.0 Å². The van der Waals surface area contributed by atoms with Crippen LogP contribution >= 0.6 is 11.6 Å². The van der Waals surface area contributed by atoms with Crippen LogP contribution in [-0.2, 0) is 9.84 Å². The molecule has 0 aliphatic heterocycles. The smallest absolute Gasteiger partial charge is 0.261 e. The Bertz CT molecular complexity index is 1390. The average Bonchev–Trinajstić information content (AvgIpc) is 2.72. The van der Waals surface area contributed by atoms with Gasteiger partial charge in [0.25, 0.3) is 5.91 Å². The van der Waals surface area contributed by atoms with Crippen molar-refractivity contribution in [2.45, 2.75) is 4.90 Å². The number of anilines is 1. The number of benzene rings is 2. The highest BCUT2D eigenvalue weighted by Gasteiger charge is 2.31. The first-order valence-corrected chi connectivity index (χ1v) is 10.8. The van der Waals surface area contributed by atoms with Gasteiger partial charge in [0.2, 0.25) is 0 Å². The van der Waals surface area contributed by atoms with E-state index in [0.29, 0.717) is 0 Å². The van der Waals surface area contributed by atoms with Crippen LogP contribution in [-0.4, -0.2) is 25.6 Å². The van der Waals surface area contributed by atoms with Crippen molar-refractivity contribution >= 4 is 33.0 Å². The molecule has 0 bridgehead atoms. The van der Waals surface area contributed by atoms with Crippen molar-refractivity contribution in [2.24, 2.45) is 0 Å². The summed E-state index contributed by atoms with van der Waals surface area (Å²) in [5.74, 6) is -6.99. The molecule has 1 N–H and O–H groups in total. The molecule has 164 valence electrons. The summed E-state index contributed by atoms with van der Waals surface area (Å²) in [5, 5.41) is 1.74. The SMILES string of the molecule is C#Cc1cnccc1-c1c(F)c(F)c(C(=O)Nc2ccc(S(C)(=O)=O)c(Cl)c2)c(F)c1F. The highest BCUT2D eigenvalue weighted by Crippen LogP contribution is 2.34. The van der Waals surface area contributed by atoms with Crippen LogP contribution in [0, 0.1) is 35.6 Å². The van der Waals surface area contributed by atoms with Crippen LogP contribution in [0.5, 0.6) is 0 Å². The summed E-state index contributed by atoms with van der Waals surface area (Å²) in [6.45, 7) is 0. The summed E-state index contributed by atoms with van der Waals surface area (Å²) < 4.78 is 81.9. The number of nitrogens with one attached hydrogen (secondary N) is 1. The lowest BCUT2D eigenvalue weighted by Gasteiger charge is -2.14. The van der Waals surface area contributed by atoms with E-state index in [4.69, 9.17) is 18.0 Å². The molecule has 0 aliphatic carbocycles. The van der Waals surface area contributed by atoms with Gasteiger partial charge >= 0.3 is 0 Å². The normalized spacial score (nSPS) is 11.2. The Hall–Kier alpha value is -3.42. The fourth-order valence-corrected chi connectivity index (χ4v) is 4.20. The van der Waals surface area contributed by atoms with E-state index < -0.39 is 50.1 Å². The second-order valence-electron chi connectivity index (χ2n) is 6.44. The van der Waals surface area contributed by atoms with E-state index in [1.165, 1.54) is 0 Å². The molecule has 0 unspecified atom stereocenters. The number of hydrogen-bond acceptors (Lipinski definition) is 4. The number of carbonyl (C=O) groups excluding carboxylic acids is 1. The summed E-state index contributed by atoms with van der Waals surface area (Å²) >= 11 is 5.85. The number of pyridine rings is 1. The third-order valence-electron chi connectivity index (χ3n) is 4.33. The fourth-order valence-electron chi connectivity index (χ4n) is 2.87. The summed E-state index contributed by atoms with van der Waals surface area (Å²) in [4.78, 5) is 15.8. The minimum atomic E-state index is -3.67. The fraction of sp³-hybridized carbons (Fsp3) is 0.0476. The van der Waals surface area contributed by atoms with Crippen molar-refractivity contribution in [2.75, 3.05) is 11.6 Å². The third kappa shape index (κ3) is 4.17. The Morgan fingerprint density at radius 1 is 1.09 bits per heavy atom. The molecule has 11 heteroatoms. The number of aromatic nitrogens is 1. The van der Waals surface area contributed by atoms with Gasteiger partial charge in [-0.05, 0) is 24.3 Å². The second kappa shape index (κ2) is 8.61. The quantitative estimate of drug-likeness (QED) is 0.335. The lowest BCUT2D eigenvalue weighted by atomic mass is 9.98. The molecule has 0 spiro atoms. The largest absolute Gasteiger partial charge is 0.322 e. The Balaban J connectivity index is 2.07. The van der Waals surface area contributed by atoms with Gasteiger partial charge in [0, 0.05) is 29.9 Å². The maximum Gasteiger partial charge on any atom is 0.261 e. The predicted molar refractivity (Wildman–Crippen MR) is 110 cm³/mol. The van der Waals surface area contributed by atoms with Crippen molar-refractivity contribution in [3.63, 3.8) is 0 Å². The molecule has 0 aliphatic rings. The van der Waals surface area contributed by atoms with E-state index in [-0.39, 0.29) is 26.7 Å². The summed E-state index contributed by atoms with van der Waals surface area (Å²) in [5.41, 5.74) is -3.23. The second-order valence-corrected chi connectivity index (χ2v) is 8.83. The highest BCUT2D eigenvalue weighted by atomic mass is 35.5. The minimum Gasteiger partial charge on any atom is -0.322 e. The Morgan fingerprint density at radius 2 is 1.72 bits per heavy atom. The van der Waals surface area contributed by atoms with Gasteiger partial charge in [0.15, 0.2) is 33.1 Å². The lowest BCUT2D eigenvalue weighted by molar-refractivity contribution is 0.101. The first-order chi connectivity index (χ1) is 15.0. The van der Waals surface area contributed by atoms with Gasteiger partial charge in [-0.2, -0.15) is 0 Å². The average molecular weight is 483 g/mol. The molecular weight excluding hydrogens is 472 g/mol. The molecule has 0 atom stereocenters. The molecular formula is C21H11ClF4N2O3S. The van der Waals surface area contributed by atoms with Crippen molar-refractivity contribution in [3.8, 4) is 23.5 Å². The Kier molecular flexibility index (Phi) is 6.25. The number of terminal acetylenes is 1. The zero-order valence-electron chi connectivity index (χ0n) is 16.0. The van der Waals surface area contributed by atoms with Crippen molar-refractivity contribution < 1.29 is 30.8 Å². The predicted octanol–water partition coefficient (Wildman–Crippen LogP) is 4.60. The van der Waals surface area contributed by atoms with Crippen LogP contribution in [0.1, 0.15) is 15.9 Å². The van der Waals surface area contributed by atoms with Crippen LogP contribution in [0.2, 0.25) is 5.02 Å². The number of amides is 1. The van der Waals surface area contributed by atoms with E-state index in [1.54, 1.807) is 0 Å². The summed E-state index contributed by atoms with van der Waals surface area (Å²) in [6, 6.07) is 4.21. The van der Waals surface area contributed by atoms with Gasteiger partial charge in [-0.15, -0.1) is 6.42 Å². The minimum absolute atomic E-state index is 0.123. The molecule has 1 heterocycles. The maximum atomic E-state index is 14.7. The molecule has 1 amide bonds. The Labute approximate surface area is 185 Å². The maximum absolute atomic E-state index is 14.7. The molecule has 3 aromatic rings. The first-order valence-electron chi connectivity index (χ1n) is 8.55. The zero-order chi connectivity index (χ0) is 23.8. The standard InChI is InChI=1S/C21H11ClF4N2O3S/c1-3-10-9-27-7-6-12(10)15-17(23)19(25)16(20(26)18(15)24)21(29)28-11-4-5-14(13(22)8-11)32(2,30)31/h1,4-9H,2H3,(H,28,29). The highest BCUT2D eigenvalue weighted by molar-refractivity contribution is 7.90. The number of sulfone groups is 1. The van der Waals surface area contributed by atoms with Crippen LogP contribution in [0.3, 0.4) is 0 Å².